The molecule has 1 aliphatic rings. The second-order valence-electron chi connectivity index (χ2n) is 5.72. The van der Waals surface area contributed by atoms with Crippen molar-refractivity contribution in [1.29, 1.82) is 0 Å². The third kappa shape index (κ3) is 4.25. The van der Waals surface area contributed by atoms with Gasteiger partial charge in [0.2, 0.25) is 5.91 Å². The first-order valence-corrected chi connectivity index (χ1v) is 7.89. The van der Waals surface area contributed by atoms with Crippen molar-refractivity contribution in [2.24, 2.45) is 5.92 Å². The molecule has 1 fully saturated rings. The molecule has 2 aromatic rings. The van der Waals surface area contributed by atoms with Gasteiger partial charge in [-0.05, 0) is 60.8 Å². The molecule has 2 aromatic carbocycles. The van der Waals surface area contributed by atoms with Gasteiger partial charge in [0.15, 0.2) is 0 Å². The van der Waals surface area contributed by atoms with Crippen LogP contribution < -0.4 is 10.6 Å². The van der Waals surface area contributed by atoms with E-state index in [1.54, 1.807) is 0 Å². The largest absolute Gasteiger partial charge is 0.326 e. The fraction of sp³-hybridized carbons (Fsp3) is 0.278. The van der Waals surface area contributed by atoms with Crippen LogP contribution in [0.15, 0.2) is 42.5 Å². The molecule has 0 aromatic heterocycles. The van der Waals surface area contributed by atoms with Crippen molar-refractivity contribution in [3.63, 3.8) is 0 Å². The molecule has 1 aliphatic heterocycles. The maximum absolute atomic E-state index is 12.2. The van der Waals surface area contributed by atoms with Crippen molar-refractivity contribution in [3.05, 3.63) is 53.1 Å². The predicted molar refractivity (Wildman–Crippen MR) is 98.5 cm³/mol. The number of amides is 1. The van der Waals surface area contributed by atoms with Gasteiger partial charge in [-0.15, -0.1) is 12.4 Å². The molecule has 23 heavy (non-hydrogen) atoms. The van der Waals surface area contributed by atoms with E-state index in [9.17, 15) is 4.79 Å². The van der Waals surface area contributed by atoms with Crippen molar-refractivity contribution >= 4 is 35.6 Å². The van der Waals surface area contributed by atoms with Crippen LogP contribution in [0.5, 0.6) is 0 Å². The predicted octanol–water partition coefficient (Wildman–Crippen LogP) is 4.29. The number of nitrogens with one attached hydrogen (secondary N) is 2. The van der Waals surface area contributed by atoms with Gasteiger partial charge in [-0.25, -0.2) is 0 Å². The van der Waals surface area contributed by atoms with Gasteiger partial charge in [0.05, 0.1) is 5.92 Å². The highest BCUT2D eigenvalue weighted by Crippen LogP contribution is 2.27. The smallest absolute Gasteiger partial charge is 0.228 e. The molecule has 1 saturated heterocycles. The van der Waals surface area contributed by atoms with Gasteiger partial charge in [-0.3, -0.25) is 4.79 Å². The summed E-state index contributed by atoms with van der Waals surface area (Å²) in [4.78, 5) is 12.2. The molecule has 0 aliphatic carbocycles. The van der Waals surface area contributed by atoms with E-state index in [2.05, 4.69) is 16.7 Å². The van der Waals surface area contributed by atoms with Crippen molar-refractivity contribution in [1.82, 2.24) is 5.32 Å². The zero-order chi connectivity index (χ0) is 15.5. The second-order valence-corrected chi connectivity index (χ2v) is 6.16. The van der Waals surface area contributed by atoms with Gasteiger partial charge in [-0.1, -0.05) is 29.8 Å². The molecule has 1 unspecified atom stereocenters. The van der Waals surface area contributed by atoms with E-state index in [1.807, 2.05) is 43.3 Å². The van der Waals surface area contributed by atoms with Crippen LogP contribution in [0.25, 0.3) is 11.1 Å². The molecule has 1 amide bonds. The molecule has 1 heterocycles. The van der Waals surface area contributed by atoms with E-state index in [4.69, 9.17) is 11.6 Å². The van der Waals surface area contributed by atoms with Crippen LogP contribution >= 0.6 is 24.0 Å². The highest BCUT2D eigenvalue weighted by Gasteiger charge is 2.22. The molecule has 1 atom stereocenters. The number of carbonyl (C=O) groups excluding carboxylic acids is 1. The summed E-state index contributed by atoms with van der Waals surface area (Å²) in [6.07, 6.45) is 0.908. The minimum atomic E-state index is 0. The second kappa shape index (κ2) is 7.82. The van der Waals surface area contributed by atoms with Crippen LogP contribution in [0.3, 0.4) is 0 Å². The summed E-state index contributed by atoms with van der Waals surface area (Å²) in [5.41, 5.74) is 4.11. The van der Waals surface area contributed by atoms with E-state index in [-0.39, 0.29) is 24.2 Å². The number of benzene rings is 2. The fourth-order valence-corrected chi connectivity index (χ4v) is 2.96. The summed E-state index contributed by atoms with van der Waals surface area (Å²) < 4.78 is 0. The Kier molecular flexibility index (Phi) is 6.05. The van der Waals surface area contributed by atoms with Crippen LogP contribution in [0.2, 0.25) is 5.02 Å². The maximum atomic E-state index is 12.2. The molecule has 5 heteroatoms. The molecule has 3 rings (SSSR count). The zero-order valence-electron chi connectivity index (χ0n) is 12.9. The number of hydrogen-bond donors (Lipinski definition) is 2. The van der Waals surface area contributed by atoms with Crippen LogP contribution in [-0.4, -0.2) is 19.0 Å². The minimum absolute atomic E-state index is 0. The SMILES string of the molecule is Cc1cc(-c2cccc(Cl)c2)ccc1NC(=O)C1CCNC1.Cl. The Morgan fingerprint density at radius 1 is 1.22 bits per heavy atom. The van der Waals surface area contributed by atoms with Crippen LogP contribution in [0.4, 0.5) is 5.69 Å². The zero-order valence-corrected chi connectivity index (χ0v) is 14.5. The minimum Gasteiger partial charge on any atom is -0.326 e. The Morgan fingerprint density at radius 2 is 2.00 bits per heavy atom. The van der Waals surface area contributed by atoms with Gasteiger partial charge < -0.3 is 10.6 Å². The summed E-state index contributed by atoms with van der Waals surface area (Å²) in [5, 5.41) is 6.98. The standard InChI is InChI=1S/C18H19ClN2O.ClH/c1-12-9-14(13-3-2-4-16(19)10-13)5-6-17(12)21-18(22)15-7-8-20-11-15;/h2-6,9-10,15,20H,7-8,11H2,1H3,(H,21,22);1H. The Labute approximate surface area is 147 Å². The summed E-state index contributed by atoms with van der Waals surface area (Å²) in [6.45, 7) is 3.70. The van der Waals surface area contributed by atoms with Crippen molar-refractivity contribution in [2.75, 3.05) is 18.4 Å². The van der Waals surface area contributed by atoms with Gasteiger partial charge in [0, 0.05) is 17.3 Å². The molecule has 0 radical (unpaired) electrons. The van der Waals surface area contributed by atoms with Crippen molar-refractivity contribution < 1.29 is 4.79 Å². The van der Waals surface area contributed by atoms with Crippen molar-refractivity contribution in [2.45, 2.75) is 13.3 Å². The number of halogens is 2. The third-order valence-electron chi connectivity index (χ3n) is 4.07. The van der Waals surface area contributed by atoms with Crippen molar-refractivity contribution in [3.8, 4) is 11.1 Å². The third-order valence-corrected chi connectivity index (χ3v) is 4.31. The number of aryl methyl sites for hydroxylation is 1. The first-order valence-electron chi connectivity index (χ1n) is 7.51. The molecular weight excluding hydrogens is 331 g/mol. The Bertz CT molecular complexity index is 697. The van der Waals surface area contributed by atoms with Crippen LogP contribution in [-0.2, 0) is 4.79 Å². The van der Waals surface area contributed by atoms with E-state index >= 15 is 0 Å². The first kappa shape index (κ1) is 17.8. The van der Waals surface area contributed by atoms with E-state index in [1.165, 1.54) is 0 Å². The number of rotatable bonds is 3. The quantitative estimate of drug-likeness (QED) is 0.866. The lowest BCUT2D eigenvalue weighted by Gasteiger charge is -2.13. The Hall–Kier alpha value is -1.55. The summed E-state index contributed by atoms with van der Waals surface area (Å²) >= 11 is 6.04. The molecule has 0 bridgehead atoms. The van der Waals surface area contributed by atoms with Crippen LogP contribution in [0.1, 0.15) is 12.0 Å². The van der Waals surface area contributed by atoms with Crippen LogP contribution in [0, 0.1) is 12.8 Å². The van der Waals surface area contributed by atoms with E-state index in [0.717, 1.165) is 46.9 Å². The molecular formula is C18H20Cl2N2O. The maximum Gasteiger partial charge on any atom is 0.228 e. The first-order chi connectivity index (χ1) is 10.6. The highest BCUT2D eigenvalue weighted by molar-refractivity contribution is 6.30. The average molecular weight is 351 g/mol. The molecule has 0 saturated carbocycles. The van der Waals surface area contributed by atoms with E-state index < -0.39 is 0 Å². The normalized spacial score (nSPS) is 16.7. The number of hydrogen-bond acceptors (Lipinski definition) is 2. The number of anilines is 1. The van der Waals surface area contributed by atoms with Gasteiger partial charge in [0.1, 0.15) is 0 Å². The molecule has 122 valence electrons. The highest BCUT2D eigenvalue weighted by atomic mass is 35.5. The lowest BCUT2D eigenvalue weighted by molar-refractivity contribution is -0.119. The lowest BCUT2D eigenvalue weighted by atomic mass is 10.0. The average Bonchev–Trinajstić information content (AvgIpc) is 3.03. The Balaban J connectivity index is 0.00000192. The molecule has 0 spiro atoms. The Morgan fingerprint density at radius 3 is 2.65 bits per heavy atom. The van der Waals surface area contributed by atoms with Gasteiger partial charge in [0.25, 0.3) is 0 Å². The fourth-order valence-electron chi connectivity index (χ4n) is 2.76. The van der Waals surface area contributed by atoms with E-state index in [0.29, 0.717) is 0 Å². The summed E-state index contributed by atoms with van der Waals surface area (Å²) in [6, 6.07) is 13.8. The lowest BCUT2D eigenvalue weighted by Crippen LogP contribution is -2.24. The summed E-state index contributed by atoms with van der Waals surface area (Å²) in [5.74, 6) is 0.176. The number of carbonyl (C=O) groups is 1. The van der Waals surface area contributed by atoms with Gasteiger partial charge >= 0.3 is 0 Å². The summed E-state index contributed by atoms with van der Waals surface area (Å²) in [7, 11) is 0. The van der Waals surface area contributed by atoms with Gasteiger partial charge in [-0.2, -0.15) is 0 Å². The topological polar surface area (TPSA) is 41.1 Å². The molecule has 2 N–H and O–H groups in total. The molecule has 3 nitrogen and oxygen atoms in total. The monoisotopic (exact) mass is 350 g/mol.